The van der Waals surface area contributed by atoms with Crippen LogP contribution in [0.2, 0.25) is 0 Å². The van der Waals surface area contributed by atoms with Gasteiger partial charge in [-0.1, -0.05) is 32.8 Å². The minimum atomic E-state index is 0.839. The molecule has 0 spiro atoms. The van der Waals surface area contributed by atoms with E-state index in [1.807, 2.05) is 6.33 Å². The standard InChI is InChI=1S/C23H34N2/c1-4-16-7-10-20-19(11-16)13-22-23(20)21(24-14-25-22)12-17-5-8-18(9-6-17)15(2)3/h14-18H,4-13H2,1-3H3. The molecule has 2 nitrogen and oxygen atoms in total. The summed E-state index contributed by atoms with van der Waals surface area (Å²) in [7, 11) is 0. The minimum absolute atomic E-state index is 0.839. The zero-order valence-electron chi connectivity index (χ0n) is 16.4. The Balaban J connectivity index is 1.50. The molecule has 136 valence electrons. The van der Waals surface area contributed by atoms with Crippen LogP contribution in [0.25, 0.3) is 5.57 Å². The van der Waals surface area contributed by atoms with Crippen molar-refractivity contribution in [3.05, 3.63) is 28.9 Å². The Morgan fingerprint density at radius 1 is 1.04 bits per heavy atom. The van der Waals surface area contributed by atoms with Gasteiger partial charge in [-0.15, -0.1) is 0 Å². The van der Waals surface area contributed by atoms with E-state index in [1.54, 1.807) is 11.1 Å². The Bertz CT molecular complexity index is 650. The first-order chi connectivity index (χ1) is 12.2. The third-order valence-electron chi connectivity index (χ3n) is 7.34. The van der Waals surface area contributed by atoms with Crippen molar-refractivity contribution in [3.63, 3.8) is 0 Å². The summed E-state index contributed by atoms with van der Waals surface area (Å²) in [5, 5.41) is 0. The van der Waals surface area contributed by atoms with Gasteiger partial charge in [-0.2, -0.15) is 0 Å². The number of allylic oxidation sites excluding steroid dienone is 2. The second-order valence-electron chi connectivity index (χ2n) is 9.15. The zero-order valence-corrected chi connectivity index (χ0v) is 16.4. The summed E-state index contributed by atoms with van der Waals surface area (Å²) < 4.78 is 0. The van der Waals surface area contributed by atoms with Crippen molar-refractivity contribution in [1.29, 1.82) is 0 Å². The maximum Gasteiger partial charge on any atom is 0.115 e. The summed E-state index contributed by atoms with van der Waals surface area (Å²) in [6.07, 6.45) is 15.0. The van der Waals surface area contributed by atoms with Gasteiger partial charge < -0.3 is 0 Å². The van der Waals surface area contributed by atoms with Crippen molar-refractivity contribution >= 4 is 5.57 Å². The SMILES string of the molecule is CCC1CCC2=C(Cc3ncnc(CC4CCC(C(C)C)CC4)c32)C1. The van der Waals surface area contributed by atoms with Crippen LogP contribution < -0.4 is 0 Å². The summed E-state index contributed by atoms with van der Waals surface area (Å²) in [5.74, 6) is 3.54. The Morgan fingerprint density at radius 3 is 2.56 bits per heavy atom. The van der Waals surface area contributed by atoms with E-state index in [0.717, 1.165) is 30.1 Å². The molecule has 0 bridgehead atoms. The number of rotatable bonds is 4. The largest absolute Gasteiger partial charge is 0.241 e. The second-order valence-corrected chi connectivity index (χ2v) is 9.15. The normalized spacial score (nSPS) is 29.0. The highest BCUT2D eigenvalue weighted by molar-refractivity contribution is 5.77. The van der Waals surface area contributed by atoms with Crippen LogP contribution >= 0.6 is 0 Å². The fourth-order valence-electron chi connectivity index (χ4n) is 5.56. The van der Waals surface area contributed by atoms with Crippen molar-refractivity contribution in [2.75, 3.05) is 0 Å². The van der Waals surface area contributed by atoms with Gasteiger partial charge in [0.1, 0.15) is 6.33 Å². The Labute approximate surface area is 153 Å². The quantitative estimate of drug-likeness (QED) is 0.672. The molecule has 1 heterocycles. The number of hydrogen-bond donors (Lipinski definition) is 0. The monoisotopic (exact) mass is 338 g/mol. The number of nitrogens with zero attached hydrogens (tertiary/aromatic N) is 2. The molecule has 0 amide bonds. The van der Waals surface area contributed by atoms with Gasteiger partial charge in [-0.05, 0) is 80.6 Å². The first-order valence-electron chi connectivity index (χ1n) is 10.7. The van der Waals surface area contributed by atoms with Crippen molar-refractivity contribution < 1.29 is 0 Å². The molecule has 0 aliphatic heterocycles. The van der Waals surface area contributed by atoms with Gasteiger partial charge in [-0.3, -0.25) is 0 Å². The predicted molar refractivity (Wildman–Crippen MR) is 104 cm³/mol. The van der Waals surface area contributed by atoms with E-state index in [2.05, 4.69) is 25.8 Å². The summed E-state index contributed by atoms with van der Waals surface area (Å²) >= 11 is 0. The lowest BCUT2D eigenvalue weighted by atomic mass is 9.75. The third-order valence-corrected chi connectivity index (χ3v) is 7.34. The summed E-state index contributed by atoms with van der Waals surface area (Å²) in [6.45, 7) is 7.13. The van der Waals surface area contributed by atoms with Crippen LogP contribution in [0, 0.1) is 23.7 Å². The van der Waals surface area contributed by atoms with Crippen LogP contribution in [0.1, 0.15) is 89.1 Å². The van der Waals surface area contributed by atoms with Gasteiger partial charge in [0, 0.05) is 12.0 Å². The molecule has 0 aromatic carbocycles. The molecule has 4 rings (SSSR count). The Morgan fingerprint density at radius 2 is 1.84 bits per heavy atom. The highest BCUT2D eigenvalue weighted by atomic mass is 14.9. The fourth-order valence-corrected chi connectivity index (χ4v) is 5.56. The molecular formula is C23H34N2. The third kappa shape index (κ3) is 3.41. The highest BCUT2D eigenvalue weighted by Crippen LogP contribution is 2.45. The average molecular weight is 339 g/mol. The minimum Gasteiger partial charge on any atom is -0.241 e. The molecule has 0 N–H and O–H groups in total. The van der Waals surface area contributed by atoms with E-state index >= 15 is 0 Å². The van der Waals surface area contributed by atoms with Gasteiger partial charge in [-0.25, -0.2) is 9.97 Å². The Hall–Kier alpha value is -1.18. The van der Waals surface area contributed by atoms with Crippen LogP contribution in [0.4, 0.5) is 0 Å². The first-order valence-corrected chi connectivity index (χ1v) is 10.7. The van der Waals surface area contributed by atoms with Crippen LogP contribution in [-0.4, -0.2) is 9.97 Å². The van der Waals surface area contributed by atoms with Crippen LogP contribution in [0.3, 0.4) is 0 Å². The maximum absolute atomic E-state index is 4.78. The summed E-state index contributed by atoms with van der Waals surface area (Å²) in [6, 6.07) is 0. The lowest BCUT2D eigenvalue weighted by Crippen LogP contribution is -2.20. The molecule has 1 aromatic rings. The van der Waals surface area contributed by atoms with E-state index in [1.165, 1.54) is 74.7 Å². The van der Waals surface area contributed by atoms with Crippen LogP contribution in [0.5, 0.6) is 0 Å². The van der Waals surface area contributed by atoms with Crippen molar-refractivity contribution in [2.24, 2.45) is 23.7 Å². The number of aromatic nitrogens is 2. The van der Waals surface area contributed by atoms with Gasteiger partial charge in [0.2, 0.25) is 0 Å². The fraction of sp³-hybridized carbons (Fsp3) is 0.739. The molecule has 1 aromatic heterocycles. The van der Waals surface area contributed by atoms with Gasteiger partial charge >= 0.3 is 0 Å². The Kier molecular flexibility index (Phi) is 4.97. The predicted octanol–water partition coefficient (Wildman–Crippen LogP) is 6.00. The van der Waals surface area contributed by atoms with Gasteiger partial charge in [0.25, 0.3) is 0 Å². The van der Waals surface area contributed by atoms with E-state index in [-0.39, 0.29) is 0 Å². The zero-order chi connectivity index (χ0) is 17.4. The molecule has 3 aliphatic carbocycles. The molecule has 0 radical (unpaired) electrons. The molecule has 3 aliphatic rings. The molecule has 2 heteroatoms. The molecule has 1 saturated carbocycles. The molecule has 1 unspecified atom stereocenters. The highest BCUT2D eigenvalue weighted by Gasteiger charge is 2.32. The topological polar surface area (TPSA) is 25.8 Å². The smallest absolute Gasteiger partial charge is 0.115 e. The molecule has 25 heavy (non-hydrogen) atoms. The van der Waals surface area contributed by atoms with Gasteiger partial charge in [0.15, 0.2) is 0 Å². The lowest BCUT2D eigenvalue weighted by molar-refractivity contribution is 0.222. The molecule has 1 fully saturated rings. The van der Waals surface area contributed by atoms with Crippen molar-refractivity contribution in [2.45, 2.75) is 85.0 Å². The second kappa shape index (κ2) is 7.21. The lowest BCUT2D eigenvalue weighted by Gasteiger charge is -2.31. The molecule has 1 atom stereocenters. The molecular weight excluding hydrogens is 304 g/mol. The van der Waals surface area contributed by atoms with Crippen LogP contribution in [0.15, 0.2) is 11.9 Å². The van der Waals surface area contributed by atoms with Crippen molar-refractivity contribution in [3.8, 4) is 0 Å². The number of fused-ring (bicyclic) bond motifs is 2. The van der Waals surface area contributed by atoms with E-state index in [4.69, 9.17) is 4.98 Å². The van der Waals surface area contributed by atoms with Gasteiger partial charge in [0.05, 0.1) is 11.4 Å². The molecule has 0 saturated heterocycles. The summed E-state index contributed by atoms with van der Waals surface area (Å²) in [5.41, 5.74) is 7.53. The average Bonchev–Trinajstić information content (AvgIpc) is 3.00. The van der Waals surface area contributed by atoms with Crippen LogP contribution in [-0.2, 0) is 12.8 Å². The van der Waals surface area contributed by atoms with E-state index in [9.17, 15) is 0 Å². The van der Waals surface area contributed by atoms with Crippen molar-refractivity contribution in [1.82, 2.24) is 9.97 Å². The first kappa shape index (κ1) is 17.2. The number of hydrogen-bond acceptors (Lipinski definition) is 2. The van der Waals surface area contributed by atoms with E-state index < -0.39 is 0 Å². The summed E-state index contributed by atoms with van der Waals surface area (Å²) in [4.78, 5) is 9.45. The maximum atomic E-state index is 4.78. The van der Waals surface area contributed by atoms with E-state index in [0.29, 0.717) is 0 Å².